The van der Waals surface area contributed by atoms with Crippen molar-refractivity contribution in [2.24, 2.45) is 0 Å². The second-order valence-corrected chi connectivity index (χ2v) is 4.46. The van der Waals surface area contributed by atoms with E-state index < -0.39 is 0 Å². The maximum Gasteiger partial charge on any atom is 0.0926 e. The van der Waals surface area contributed by atoms with Crippen molar-refractivity contribution >= 4 is 5.69 Å². The summed E-state index contributed by atoms with van der Waals surface area (Å²) in [5.74, 6) is 0. The molecule has 4 heteroatoms. The number of aromatic nitrogens is 2. The van der Waals surface area contributed by atoms with Gasteiger partial charge in [0.15, 0.2) is 0 Å². The number of nitrogen functional groups attached to an aromatic ring is 1. The summed E-state index contributed by atoms with van der Waals surface area (Å²) in [6.07, 6.45) is 0. The molecule has 1 aromatic heterocycles. The average molecular weight is 245 g/mol. The number of anilines is 1. The van der Waals surface area contributed by atoms with Crippen LogP contribution < -0.4 is 5.73 Å². The van der Waals surface area contributed by atoms with E-state index >= 15 is 0 Å². The Bertz CT molecular complexity index is 546. The smallest absolute Gasteiger partial charge is 0.0926 e. The summed E-state index contributed by atoms with van der Waals surface area (Å²) in [6, 6.07) is 8.11. The summed E-state index contributed by atoms with van der Waals surface area (Å²) in [4.78, 5) is 0. The second kappa shape index (κ2) is 5.23. The molecule has 0 unspecified atom stereocenters. The van der Waals surface area contributed by atoms with Crippen LogP contribution in [0.15, 0.2) is 24.3 Å². The summed E-state index contributed by atoms with van der Waals surface area (Å²) in [6.45, 7) is 5.48. The van der Waals surface area contributed by atoms with Crippen LogP contribution in [-0.2, 0) is 11.3 Å². The van der Waals surface area contributed by atoms with Crippen LogP contribution in [0.4, 0.5) is 5.69 Å². The molecule has 0 amide bonds. The molecule has 4 nitrogen and oxygen atoms in total. The van der Waals surface area contributed by atoms with Crippen LogP contribution in [0, 0.1) is 13.8 Å². The van der Waals surface area contributed by atoms with Crippen molar-refractivity contribution in [2.45, 2.75) is 20.4 Å². The molecule has 0 aliphatic heterocycles. The molecular formula is C14H19N3O. The molecule has 2 rings (SSSR count). The first kappa shape index (κ1) is 12.6. The number of aryl methyl sites for hydroxylation is 2. The van der Waals surface area contributed by atoms with Gasteiger partial charge < -0.3 is 10.5 Å². The molecule has 0 bridgehead atoms. The van der Waals surface area contributed by atoms with Gasteiger partial charge in [-0.05, 0) is 31.5 Å². The lowest BCUT2D eigenvalue weighted by Gasteiger charge is -2.03. The minimum Gasteiger partial charge on any atom is -0.398 e. The number of rotatable bonds is 4. The molecule has 1 aromatic carbocycles. The van der Waals surface area contributed by atoms with Crippen molar-refractivity contribution in [2.75, 3.05) is 19.5 Å². The Labute approximate surface area is 107 Å². The molecule has 0 aliphatic rings. The Morgan fingerprint density at radius 3 is 2.72 bits per heavy atom. The van der Waals surface area contributed by atoms with Gasteiger partial charge in [0, 0.05) is 24.1 Å². The van der Waals surface area contributed by atoms with Gasteiger partial charge in [-0.15, -0.1) is 0 Å². The topological polar surface area (TPSA) is 53.1 Å². The fourth-order valence-electron chi connectivity index (χ4n) is 1.86. The third-order valence-corrected chi connectivity index (χ3v) is 3.06. The van der Waals surface area contributed by atoms with E-state index in [-0.39, 0.29) is 0 Å². The minimum atomic E-state index is 0.665. The van der Waals surface area contributed by atoms with Crippen LogP contribution in [0.3, 0.4) is 0 Å². The van der Waals surface area contributed by atoms with Crippen molar-refractivity contribution in [1.82, 2.24) is 9.78 Å². The van der Waals surface area contributed by atoms with Crippen LogP contribution in [-0.4, -0.2) is 23.5 Å². The summed E-state index contributed by atoms with van der Waals surface area (Å²) in [7, 11) is 1.69. The van der Waals surface area contributed by atoms with Crippen LogP contribution in [0.25, 0.3) is 11.3 Å². The predicted molar refractivity (Wildman–Crippen MR) is 73.4 cm³/mol. The molecule has 0 spiro atoms. The first-order valence-electron chi connectivity index (χ1n) is 6.01. The Morgan fingerprint density at radius 2 is 2.06 bits per heavy atom. The summed E-state index contributed by atoms with van der Waals surface area (Å²) < 4.78 is 7.02. The summed E-state index contributed by atoms with van der Waals surface area (Å²) >= 11 is 0. The van der Waals surface area contributed by atoms with E-state index in [4.69, 9.17) is 10.5 Å². The van der Waals surface area contributed by atoms with Gasteiger partial charge in [-0.1, -0.05) is 12.1 Å². The number of ether oxygens (including phenoxy) is 1. The molecule has 96 valence electrons. The third kappa shape index (κ3) is 2.54. The van der Waals surface area contributed by atoms with Gasteiger partial charge in [0.2, 0.25) is 0 Å². The van der Waals surface area contributed by atoms with E-state index in [2.05, 4.69) is 11.2 Å². The fraction of sp³-hybridized carbons (Fsp3) is 0.357. The van der Waals surface area contributed by atoms with E-state index in [1.54, 1.807) is 7.11 Å². The van der Waals surface area contributed by atoms with Crippen LogP contribution >= 0.6 is 0 Å². The van der Waals surface area contributed by atoms with Gasteiger partial charge in [0.1, 0.15) is 0 Å². The Kier molecular flexibility index (Phi) is 3.67. The van der Waals surface area contributed by atoms with E-state index in [1.807, 2.05) is 36.7 Å². The first-order valence-corrected chi connectivity index (χ1v) is 6.01. The van der Waals surface area contributed by atoms with Crippen molar-refractivity contribution < 1.29 is 4.74 Å². The van der Waals surface area contributed by atoms with Gasteiger partial charge in [-0.25, -0.2) is 0 Å². The standard InChI is InChI=1S/C14H19N3O/c1-10-4-5-12(9-13(10)15)14-8-11(2)17(16-14)6-7-18-3/h4-5,8-9H,6-7,15H2,1-3H3. The highest BCUT2D eigenvalue weighted by Gasteiger charge is 2.07. The predicted octanol–water partition coefficient (Wildman–Crippen LogP) is 2.40. The van der Waals surface area contributed by atoms with Crippen molar-refractivity contribution in [3.63, 3.8) is 0 Å². The third-order valence-electron chi connectivity index (χ3n) is 3.06. The van der Waals surface area contributed by atoms with Crippen LogP contribution in [0.2, 0.25) is 0 Å². The number of benzene rings is 1. The molecule has 0 saturated carbocycles. The summed E-state index contributed by atoms with van der Waals surface area (Å²) in [5, 5.41) is 4.57. The summed E-state index contributed by atoms with van der Waals surface area (Å²) in [5.41, 5.74) is 11.0. The van der Waals surface area contributed by atoms with Crippen molar-refractivity contribution in [3.05, 3.63) is 35.5 Å². The minimum absolute atomic E-state index is 0.665. The molecule has 0 aliphatic carbocycles. The largest absolute Gasteiger partial charge is 0.398 e. The van der Waals surface area contributed by atoms with E-state index in [1.165, 1.54) is 0 Å². The maximum absolute atomic E-state index is 5.93. The molecule has 2 N–H and O–H groups in total. The second-order valence-electron chi connectivity index (χ2n) is 4.46. The molecule has 0 fully saturated rings. The van der Waals surface area contributed by atoms with Gasteiger partial charge >= 0.3 is 0 Å². The fourth-order valence-corrected chi connectivity index (χ4v) is 1.86. The van der Waals surface area contributed by atoms with Crippen LogP contribution in [0.5, 0.6) is 0 Å². The van der Waals surface area contributed by atoms with Crippen LogP contribution in [0.1, 0.15) is 11.3 Å². The molecule has 0 saturated heterocycles. The number of methoxy groups -OCH3 is 1. The quantitative estimate of drug-likeness (QED) is 0.841. The van der Waals surface area contributed by atoms with Gasteiger partial charge in [-0.3, -0.25) is 4.68 Å². The van der Waals surface area contributed by atoms with Gasteiger partial charge in [0.05, 0.1) is 18.8 Å². The van der Waals surface area contributed by atoms with E-state index in [0.717, 1.165) is 34.7 Å². The Morgan fingerprint density at radius 1 is 1.28 bits per heavy atom. The number of hydrogen-bond donors (Lipinski definition) is 1. The molecule has 1 heterocycles. The number of nitrogens with zero attached hydrogens (tertiary/aromatic N) is 2. The highest BCUT2D eigenvalue weighted by molar-refractivity contribution is 5.66. The zero-order valence-electron chi connectivity index (χ0n) is 11.1. The molecular weight excluding hydrogens is 226 g/mol. The monoisotopic (exact) mass is 245 g/mol. The Balaban J connectivity index is 2.30. The number of hydrogen-bond acceptors (Lipinski definition) is 3. The van der Waals surface area contributed by atoms with Crippen molar-refractivity contribution in [1.29, 1.82) is 0 Å². The van der Waals surface area contributed by atoms with E-state index in [0.29, 0.717) is 6.61 Å². The highest BCUT2D eigenvalue weighted by Crippen LogP contribution is 2.23. The zero-order valence-corrected chi connectivity index (χ0v) is 11.1. The number of nitrogens with two attached hydrogens (primary N) is 1. The molecule has 18 heavy (non-hydrogen) atoms. The highest BCUT2D eigenvalue weighted by atomic mass is 16.5. The normalized spacial score (nSPS) is 10.8. The Hall–Kier alpha value is -1.81. The lowest BCUT2D eigenvalue weighted by molar-refractivity contribution is 0.183. The molecule has 2 aromatic rings. The first-order chi connectivity index (χ1) is 8.61. The lowest BCUT2D eigenvalue weighted by Crippen LogP contribution is -2.07. The SMILES string of the molecule is COCCn1nc(-c2ccc(C)c(N)c2)cc1C. The lowest BCUT2D eigenvalue weighted by atomic mass is 10.1. The van der Waals surface area contributed by atoms with E-state index in [9.17, 15) is 0 Å². The molecule has 0 radical (unpaired) electrons. The average Bonchev–Trinajstić information content (AvgIpc) is 2.72. The maximum atomic E-state index is 5.93. The zero-order chi connectivity index (χ0) is 13.1. The van der Waals surface area contributed by atoms with Gasteiger partial charge in [0.25, 0.3) is 0 Å². The van der Waals surface area contributed by atoms with Gasteiger partial charge in [-0.2, -0.15) is 5.10 Å². The molecule has 0 atom stereocenters. The van der Waals surface area contributed by atoms with Crippen molar-refractivity contribution in [3.8, 4) is 11.3 Å².